The normalized spacial score (nSPS) is 21.1. The van der Waals surface area contributed by atoms with Crippen LogP contribution in [0.4, 0.5) is 10.1 Å². The van der Waals surface area contributed by atoms with E-state index < -0.39 is 20.7 Å². The van der Waals surface area contributed by atoms with Crippen molar-refractivity contribution in [3.8, 4) is 0 Å². The van der Waals surface area contributed by atoms with Gasteiger partial charge < -0.3 is 9.64 Å². The van der Waals surface area contributed by atoms with Crippen LogP contribution in [0.15, 0.2) is 18.2 Å². The molecule has 2 fully saturated rings. The third-order valence-electron chi connectivity index (χ3n) is 5.41. The number of benzene rings is 1. The van der Waals surface area contributed by atoms with Crippen molar-refractivity contribution in [2.45, 2.75) is 24.5 Å². The highest BCUT2D eigenvalue weighted by molar-refractivity contribution is 7.91. The Balaban J connectivity index is 1.77. The summed E-state index contributed by atoms with van der Waals surface area (Å²) in [5.41, 5.74) is 2.76. The number of piperazine rings is 1. The van der Waals surface area contributed by atoms with E-state index in [-0.39, 0.29) is 45.0 Å². The molecule has 2 saturated heterocycles. The lowest BCUT2D eigenvalue weighted by Crippen LogP contribution is -2.62. The van der Waals surface area contributed by atoms with Gasteiger partial charge >= 0.3 is 0 Å². The molecular weight excluding hydrogens is 377 g/mol. The lowest BCUT2D eigenvalue weighted by atomic mass is 9.98. The zero-order valence-corrected chi connectivity index (χ0v) is 16.0. The highest BCUT2D eigenvalue weighted by Gasteiger charge is 2.54. The maximum atomic E-state index is 13.8. The number of carbonyl (C=O) groups is 1. The Hall–Kier alpha value is -1.75. The molecule has 0 spiro atoms. The second-order valence-corrected chi connectivity index (χ2v) is 9.12. The van der Waals surface area contributed by atoms with Crippen LogP contribution >= 0.6 is 0 Å². The monoisotopic (exact) mass is 401 g/mol. The smallest absolute Gasteiger partial charge is 0.266 e. The predicted molar refractivity (Wildman–Crippen MR) is 96.6 cm³/mol. The van der Waals surface area contributed by atoms with E-state index in [1.54, 1.807) is 13.0 Å². The zero-order chi connectivity index (χ0) is 19.7. The van der Waals surface area contributed by atoms with Crippen LogP contribution in [0.25, 0.3) is 0 Å². The molecule has 27 heavy (non-hydrogen) atoms. The van der Waals surface area contributed by atoms with Gasteiger partial charge in [-0.2, -0.15) is 4.31 Å². The Bertz CT molecular complexity index is 803. The van der Waals surface area contributed by atoms with Crippen LogP contribution in [0, 0.1) is 12.7 Å². The number of hydrogen-bond donors (Lipinski definition) is 2. The van der Waals surface area contributed by atoms with E-state index in [2.05, 4.69) is 0 Å². The van der Waals surface area contributed by atoms with Crippen molar-refractivity contribution < 1.29 is 27.5 Å². The summed E-state index contributed by atoms with van der Waals surface area (Å²) in [6, 6.07) is 4.94. The van der Waals surface area contributed by atoms with Gasteiger partial charge in [0.05, 0.1) is 0 Å². The Morgan fingerprint density at radius 1 is 1.22 bits per heavy atom. The Morgan fingerprint density at radius 2 is 1.85 bits per heavy atom. The lowest BCUT2D eigenvalue weighted by Gasteiger charge is -2.42. The number of aryl methyl sites for hydroxylation is 1. The maximum Gasteiger partial charge on any atom is 0.266 e. The summed E-state index contributed by atoms with van der Waals surface area (Å²) in [6.45, 7) is 3.08. The first-order valence-electron chi connectivity index (χ1n) is 8.85. The van der Waals surface area contributed by atoms with Gasteiger partial charge in [0, 0.05) is 57.9 Å². The fourth-order valence-corrected chi connectivity index (χ4v) is 5.72. The average molecular weight is 401 g/mol. The minimum atomic E-state index is -4.00. The molecule has 0 aliphatic carbocycles. The van der Waals surface area contributed by atoms with Gasteiger partial charge in [-0.25, -0.2) is 18.3 Å². The van der Waals surface area contributed by atoms with E-state index in [0.29, 0.717) is 24.3 Å². The van der Waals surface area contributed by atoms with Crippen molar-refractivity contribution in [2.75, 3.05) is 44.3 Å². The number of anilines is 1. The van der Waals surface area contributed by atoms with E-state index in [4.69, 9.17) is 9.94 Å². The highest BCUT2D eigenvalue weighted by atomic mass is 32.2. The standard InChI is InChI=1S/C17H24FN3O5S/c1-13-2-3-14(12-15(13)18)20-6-8-21(9-7-20)27(24,25)17(16(22)19-23)4-10-26-11-5-17/h2-3,12,23H,4-11H2,1H3,(H,19,22). The van der Waals surface area contributed by atoms with E-state index in [1.165, 1.54) is 15.9 Å². The second kappa shape index (κ2) is 7.70. The highest BCUT2D eigenvalue weighted by Crippen LogP contribution is 2.33. The number of amides is 1. The van der Waals surface area contributed by atoms with Crippen LogP contribution in [0.1, 0.15) is 18.4 Å². The molecule has 2 N–H and O–H groups in total. The van der Waals surface area contributed by atoms with E-state index in [1.807, 2.05) is 11.0 Å². The number of nitrogens with one attached hydrogen (secondary N) is 1. The third kappa shape index (κ3) is 3.54. The Morgan fingerprint density at radius 3 is 2.41 bits per heavy atom. The predicted octanol–water partition coefficient (Wildman–Crippen LogP) is 0.641. The number of nitrogens with zero attached hydrogens (tertiary/aromatic N) is 2. The number of hydrogen-bond acceptors (Lipinski definition) is 6. The summed E-state index contributed by atoms with van der Waals surface area (Å²) in [7, 11) is -4.00. The van der Waals surface area contributed by atoms with Gasteiger partial charge in [-0.3, -0.25) is 10.0 Å². The molecule has 2 heterocycles. The molecule has 0 saturated carbocycles. The van der Waals surface area contributed by atoms with Crippen LogP contribution in [0.3, 0.4) is 0 Å². The van der Waals surface area contributed by atoms with Crippen LogP contribution < -0.4 is 10.4 Å². The third-order valence-corrected chi connectivity index (χ3v) is 8.03. The molecule has 0 aromatic heterocycles. The van der Waals surface area contributed by atoms with E-state index >= 15 is 0 Å². The zero-order valence-electron chi connectivity index (χ0n) is 15.1. The van der Waals surface area contributed by atoms with Crippen molar-refractivity contribution in [3.63, 3.8) is 0 Å². The maximum absolute atomic E-state index is 13.8. The van der Waals surface area contributed by atoms with E-state index in [9.17, 15) is 17.6 Å². The van der Waals surface area contributed by atoms with Gasteiger partial charge in [0.25, 0.3) is 5.91 Å². The summed E-state index contributed by atoms with van der Waals surface area (Å²) in [5.74, 6) is -1.22. The molecule has 1 aromatic carbocycles. The molecule has 2 aliphatic rings. The van der Waals surface area contributed by atoms with Crippen LogP contribution in [0.2, 0.25) is 0 Å². The van der Waals surface area contributed by atoms with Crippen molar-refractivity contribution in [2.24, 2.45) is 0 Å². The van der Waals surface area contributed by atoms with Gasteiger partial charge in [0.2, 0.25) is 10.0 Å². The van der Waals surface area contributed by atoms with Gasteiger partial charge in [-0.05, 0) is 24.6 Å². The first kappa shape index (κ1) is 20.0. The molecule has 8 nitrogen and oxygen atoms in total. The van der Waals surface area contributed by atoms with Crippen LogP contribution in [-0.4, -0.2) is 68.0 Å². The summed E-state index contributed by atoms with van der Waals surface area (Å²) in [4.78, 5) is 14.2. The van der Waals surface area contributed by atoms with Gasteiger partial charge in [0.1, 0.15) is 5.82 Å². The molecule has 3 rings (SSSR count). The number of hydroxylamine groups is 1. The number of halogens is 1. The SMILES string of the molecule is Cc1ccc(N2CCN(S(=O)(=O)C3(C(=O)NO)CCOCC3)CC2)cc1F. The average Bonchev–Trinajstić information content (AvgIpc) is 2.70. The number of ether oxygens (including phenoxy) is 1. The summed E-state index contributed by atoms with van der Waals surface area (Å²) in [5, 5.41) is 9.09. The fourth-order valence-electron chi connectivity index (χ4n) is 3.62. The number of rotatable bonds is 4. The first-order chi connectivity index (χ1) is 12.8. The second-order valence-electron chi connectivity index (χ2n) is 6.87. The molecule has 0 atom stereocenters. The fraction of sp³-hybridized carbons (Fsp3) is 0.588. The van der Waals surface area contributed by atoms with Gasteiger partial charge in [0.15, 0.2) is 4.75 Å². The first-order valence-corrected chi connectivity index (χ1v) is 10.3. The van der Waals surface area contributed by atoms with Gasteiger partial charge in [-0.1, -0.05) is 6.07 Å². The molecule has 2 aliphatic heterocycles. The molecule has 0 radical (unpaired) electrons. The Kier molecular flexibility index (Phi) is 5.71. The molecule has 150 valence electrons. The largest absolute Gasteiger partial charge is 0.381 e. The molecule has 10 heteroatoms. The molecule has 1 aromatic rings. The van der Waals surface area contributed by atoms with Crippen LogP contribution in [0.5, 0.6) is 0 Å². The van der Waals surface area contributed by atoms with Crippen molar-refractivity contribution >= 4 is 21.6 Å². The number of carbonyl (C=O) groups excluding carboxylic acids is 1. The molecule has 1 amide bonds. The van der Waals surface area contributed by atoms with Gasteiger partial charge in [-0.15, -0.1) is 0 Å². The van der Waals surface area contributed by atoms with Crippen molar-refractivity contribution in [3.05, 3.63) is 29.6 Å². The van der Waals surface area contributed by atoms with E-state index in [0.717, 1.165) is 0 Å². The Labute approximate surface area is 157 Å². The summed E-state index contributed by atoms with van der Waals surface area (Å²) < 4.78 is 45.0. The van der Waals surface area contributed by atoms with Crippen LogP contribution in [-0.2, 0) is 19.6 Å². The molecule has 0 unspecified atom stereocenters. The topological polar surface area (TPSA) is 99.2 Å². The quantitative estimate of drug-likeness (QED) is 0.568. The summed E-state index contributed by atoms with van der Waals surface area (Å²) >= 11 is 0. The minimum absolute atomic E-state index is 0.00882. The van der Waals surface area contributed by atoms with Crippen molar-refractivity contribution in [1.82, 2.24) is 9.79 Å². The van der Waals surface area contributed by atoms with Crippen molar-refractivity contribution in [1.29, 1.82) is 0 Å². The minimum Gasteiger partial charge on any atom is -0.381 e. The summed E-state index contributed by atoms with van der Waals surface area (Å²) in [6.07, 6.45) is -0.0176. The molecule has 0 bridgehead atoms. The number of sulfonamides is 1. The molecular formula is C17H24FN3O5S. The lowest BCUT2D eigenvalue weighted by molar-refractivity contribution is -0.134.